The molecule has 0 bridgehead atoms. The molecule has 27 heavy (non-hydrogen) atoms. The molecule has 1 heterocycles. The number of rotatable bonds is 6. The Hall–Kier alpha value is -2.24. The van der Waals surface area contributed by atoms with E-state index < -0.39 is 0 Å². The van der Waals surface area contributed by atoms with Crippen molar-refractivity contribution in [1.29, 1.82) is 0 Å². The van der Waals surface area contributed by atoms with Gasteiger partial charge in [0.25, 0.3) is 0 Å². The molecule has 0 atom stereocenters. The summed E-state index contributed by atoms with van der Waals surface area (Å²) in [7, 11) is 1.39. The zero-order chi connectivity index (χ0) is 19.9. The minimum Gasteiger partial charge on any atom is -0.494 e. The standard InChI is InChI=1S/C21H32N2O4/c1-21(2,3)16-7-9-18(10-8-16)27-15-5-6-19(24)22-17-11-13-23(14-12-17)20(25)26-4/h7-10,17H,5-6,11-15H2,1-4H3,(H,22,24). The minimum atomic E-state index is -0.299. The number of hydrogen-bond donors (Lipinski definition) is 1. The molecule has 1 saturated heterocycles. The molecule has 1 aromatic carbocycles. The molecule has 0 saturated carbocycles. The second-order valence-electron chi connectivity index (χ2n) is 8.03. The lowest BCUT2D eigenvalue weighted by Crippen LogP contribution is -2.46. The second kappa shape index (κ2) is 9.62. The molecular formula is C21H32N2O4. The first kappa shape index (κ1) is 21.1. The van der Waals surface area contributed by atoms with Gasteiger partial charge in [-0.05, 0) is 42.4 Å². The van der Waals surface area contributed by atoms with Crippen LogP contribution in [0.2, 0.25) is 0 Å². The van der Waals surface area contributed by atoms with Crippen LogP contribution in [0, 0.1) is 0 Å². The van der Waals surface area contributed by atoms with E-state index in [1.54, 1.807) is 4.90 Å². The third-order valence-electron chi connectivity index (χ3n) is 4.83. The van der Waals surface area contributed by atoms with E-state index in [9.17, 15) is 9.59 Å². The fraction of sp³-hybridized carbons (Fsp3) is 0.619. The van der Waals surface area contributed by atoms with Crippen LogP contribution in [0.1, 0.15) is 52.0 Å². The van der Waals surface area contributed by atoms with Crippen molar-refractivity contribution in [2.75, 3.05) is 26.8 Å². The van der Waals surface area contributed by atoms with Gasteiger partial charge < -0.3 is 19.7 Å². The van der Waals surface area contributed by atoms with Crippen molar-refractivity contribution in [2.45, 2.75) is 57.9 Å². The highest BCUT2D eigenvalue weighted by Gasteiger charge is 2.24. The summed E-state index contributed by atoms with van der Waals surface area (Å²) in [6, 6.07) is 8.26. The average Bonchev–Trinajstić information content (AvgIpc) is 2.65. The molecule has 0 aromatic heterocycles. The van der Waals surface area contributed by atoms with Crippen molar-refractivity contribution in [3.63, 3.8) is 0 Å². The number of likely N-dealkylation sites (tertiary alicyclic amines) is 1. The number of piperidine rings is 1. The van der Waals surface area contributed by atoms with Crippen molar-refractivity contribution in [1.82, 2.24) is 10.2 Å². The van der Waals surface area contributed by atoms with E-state index in [0.717, 1.165) is 18.6 Å². The molecular weight excluding hydrogens is 344 g/mol. The minimum absolute atomic E-state index is 0.0400. The molecule has 2 rings (SSSR count). The monoisotopic (exact) mass is 376 g/mol. The van der Waals surface area contributed by atoms with Gasteiger partial charge in [-0.15, -0.1) is 0 Å². The second-order valence-corrected chi connectivity index (χ2v) is 8.03. The molecule has 0 spiro atoms. The van der Waals surface area contributed by atoms with E-state index in [4.69, 9.17) is 9.47 Å². The zero-order valence-corrected chi connectivity index (χ0v) is 16.9. The van der Waals surface area contributed by atoms with Gasteiger partial charge in [-0.3, -0.25) is 4.79 Å². The topological polar surface area (TPSA) is 67.9 Å². The van der Waals surface area contributed by atoms with Crippen LogP contribution < -0.4 is 10.1 Å². The van der Waals surface area contributed by atoms with Crippen LogP contribution in [0.25, 0.3) is 0 Å². The van der Waals surface area contributed by atoms with Gasteiger partial charge >= 0.3 is 6.09 Å². The van der Waals surface area contributed by atoms with Crippen LogP contribution in [0.15, 0.2) is 24.3 Å². The molecule has 1 fully saturated rings. The third-order valence-corrected chi connectivity index (χ3v) is 4.83. The Labute approximate surface area is 162 Å². The third kappa shape index (κ3) is 6.77. The maximum atomic E-state index is 12.1. The van der Waals surface area contributed by atoms with Crippen LogP contribution in [-0.2, 0) is 14.9 Å². The zero-order valence-electron chi connectivity index (χ0n) is 16.9. The molecule has 2 amide bonds. The summed E-state index contributed by atoms with van der Waals surface area (Å²) < 4.78 is 10.4. The van der Waals surface area contributed by atoms with Gasteiger partial charge in [-0.2, -0.15) is 0 Å². The number of nitrogens with zero attached hydrogens (tertiary/aromatic N) is 1. The average molecular weight is 376 g/mol. The molecule has 1 N–H and O–H groups in total. The largest absolute Gasteiger partial charge is 0.494 e. The van der Waals surface area contributed by atoms with Crippen LogP contribution in [0.5, 0.6) is 5.75 Å². The summed E-state index contributed by atoms with van der Waals surface area (Å²) in [6.45, 7) is 8.29. The molecule has 1 aromatic rings. The van der Waals surface area contributed by atoms with Crippen LogP contribution in [-0.4, -0.2) is 49.7 Å². The van der Waals surface area contributed by atoms with Gasteiger partial charge in [0.05, 0.1) is 13.7 Å². The van der Waals surface area contributed by atoms with Crippen molar-refractivity contribution in [3.8, 4) is 5.75 Å². The smallest absolute Gasteiger partial charge is 0.409 e. The molecule has 150 valence electrons. The normalized spacial score (nSPS) is 15.3. The number of methoxy groups -OCH3 is 1. The van der Waals surface area contributed by atoms with Crippen LogP contribution in [0.4, 0.5) is 4.79 Å². The lowest BCUT2D eigenvalue weighted by Gasteiger charge is -2.31. The maximum absolute atomic E-state index is 12.1. The Kier molecular flexibility index (Phi) is 7.51. The number of carbonyl (C=O) groups excluding carboxylic acids is 2. The van der Waals surface area contributed by atoms with Crippen molar-refractivity contribution >= 4 is 12.0 Å². The van der Waals surface area contributed by atoms with E-state index in [-0.39, 0.29) is 23.5 Å². The highest BCUT2D eigenvalue weighted by molar-refractivity contribution is 5.76. The molecule has 1 aliphatic heterocycles. The molecule has 0 radical (unpaired) electrons. The predicted octanol–water partition coefficient (Wildman–Crippen LogP) is 3.49. The van der Waals surface area contributed by atoms with E-state index >= 15 is 0 Å². The predicted molar refractivity (Wildman–Crippen MR) is 105 cm³/mol. The summed E-state index contributed by atoms with van der Waals surface area (Å²) in [5.74, 6) is 0.872. The quantitative estimate of drug-likeness (QED) is 0.772. The summed E-state index contributed by atoms with van der Waals surface area (Å²) in [5, 5.41) is 3.05. The summed E-state index contributed by atoms with van der Waals surface area (Å²) in [5.41, 5.74) is 1.40. The van der Waals surface area contributed by atoms with Crippen molar-refractivity contribution < 1.29 is 19.1 Å². The molecule has 0 aliphatic carbocycles. The van der Waals surface area contributed by atoms with E-state index in [1.165, 1.54) is 12.7 Å². The Bertz CT molecular complexity index is 614. The lowest BCUT2D eigenvalue weighted by atomic mass is 9.87. The number of hydrogen-bond acceptors (Lipinski definition) is 4. The highest BCUT2D eigenvalue weighted by Crippen LogP contribution is 2.24. The Balaban J connectivity index is 1.62. The van der Waals surface area contributed by atoms with E-state index in [0.29, 0.717) is 32.5 Å². The molecule has 1 aliphatic rings. The van der Waals surface area contributed by atoms with Crippen molar-refractivity contribution in [2.24, 2.45) is 0 Å². The SMILES string of the molecule is COC(=O)N1CCC(NC(=O)CCCOc2ccc(C(C)(C)C)cc2)CC1. The first-order valence-corrected chi connectivity index (χ1v) is 9.65. The molecule has 6 nitrogen and oxygen atoms in total. The Morgan fingerprint density at radius 3 is 2.33 bits per heavy atom. The van der Waals surface area contributed by atoms with Gasteiger partial charge in [0.2, 0.25) is 5.91 Å². The fourth-order valence-electron chi connectivity index (χ4n) is 3.11. The van der Waals surface area contributed by atoms with Crippen LogP contribution in [0.3, 0.4) is 0 Å². The van der Waals surface area contributed by atoms with Gasteiger partial charge in [0.1, 0.15) is 5.75 Å². The fourth-order valence-corrected chi connectivity index (χ4v) is 3.11. The number of amides is 2. The summed E-state index contributed by atoms with van der Waals surface area (Å²) in [6.07, 6.45) is 2.34. The highest BCUT2D eigenvalue weighted by atomic mass is 16.5. The number of ether oxygens (including phenoxy) is 2. The molecule has 6 heteroatoms. The maximum Gasteiger partial charge on any atom is 0.409 e. The van der Waals surface area contributed by atoms with Gasteiger partial charge in [0, 0.05) is 25.6 Å². The molecule has 0 unspecified atom stereocenters. The Morgan fingerprint density at radius 2 is 1.78 bits per heavy atom. The van der Waals surface area contributed by atoms with Crippen molar-refractivity contribution in [3.05, 3.63) is 29.8 Å². The summed E-state index contributed by atoms with van der Waals surface area (Å²) >= 11 is 0. The van der Waals surface area contributed by atoms with Gasteiger partial charge in [-0.1, -0.05) is 32.9 Å². The van der Waals surface area contributed by atoms with Gasteiger partial charge in [-0.25, -0.2) is 4.79 Å². The van der Waals surface area contributed by atoms with E-state index in [1.807, 2.05) is 12.1 Å². The number of carbonyl (C=O) groups is 2. The first-order valence-electron chi connectivity index (χ1n) is 9.65. The number of nitrogens with one attached hydrogen (secondary N) is 1. The number of benzene rings is 1. The summed E-state index contributed by atoms with van der Waals surface area (Å²) in [4.78, 5) is 25.2. The Morgan fingerprint density at radius 1 is 1.15 bits per heavy atom. The lowest BCUT2D eigenvalue weighted by molar-refractivity contribution is -0.122. The van der Waals surface area contributed by atoms with Gasteiger partial charge in [0.15, 0.2) is 0 Å². The first-order chi connectivity index (χ1) is 12.8. The van der Waals surface area contributed by atoms with E-state index in [2.05, 4.69) is 38.2 Å². The van der Waals surface area contributed by atoms with Crippen LogP contribution >= 0.6 is 0 Å².